The van der Waals surface area contributed by atoms with Crippen LogP contribution in [0.5, 0.6) is 0 Å². The van der Waals surface area contributed by atoms with Crippen LogP contribution in [0.3, 0.4) is 0 Å². The van der Waals surface area contributed by atoms with Crippen molar-refractivity contribution in [3.05, 3.63) is 33.8 Å². The second-order valence-corrected chi connectivity index (χ2v) is 6.47. The van der Waals surface area contributed by atoms with E-state index >= 15 is 0 Å². The summed E-state index contributed by atoms with van der Waals surface area (Å²) in [6, 6.07) is 5.08. The Kier molecular flexibility index (Phi) is 4.88. The Morgan fingerprint density at radius 1 is 1.21 bits per heavy atom. The highest BCUT2D eigenvalue weighted by Crippen LogP contribution is 2.23. The summed E-state index contributed by atoms with van der Waals surface area (Å²) in [6.07, 6.45) is 0.191. The van der Waals surface area contributed by atoms with Crippen LogP contribution in [0.1, 0.15) is 33.3 Å². The summed E-state index contributed by atoms with van der Waals surface area (Å²) in [5.41, 5.74) is -0.959. The number of rotatable bonds is 4. The average Bonchev–Trinajstić information content (AvgIpc) is 2.21. The van der Waals surface area contributed by atoms with Gasteiger partial charge in [-0.2, -0.15) is 0 Å². The molecule has 0 aliphatic rings. The fourth-order valence-corrected chi connectivity index (χ4v) is 1.70. The minimum atomic E-state index is -1.01. The third kappa shape index (κ3) is 4.37. The molecule has 0 spiro atoms. The van der Waals surface area contributed by atoms with Crippen molar-refractivity contribution in [1.29, 1.82) is 0 Å². The van der Waals surface area contributed by atoms with Crippen molar-refractivity contribution in [1.82, 2.24) is 5.32 Å². The smallest absolute Gasteiger partial charge is 0.224 e. The molecule has 0 radical (unpaired) electrons. The van der Waals surface area contributed by atoms with E-state index in [0.29, 0.717) is 10.0 Å². The van der Waals surface area contributed by atoms with E-state index in [9.17, 15) is 9.90 Å². The van der Waals surface area contributed by atoms with Crippen molar-refractivity contribution >= 4 is 29.1 Å². The Bertz CT molecular complexity index is 479. The zero-order chi connectivity index (χ0) is 14.8. The number of carbonyl (C=O) groups is 1. The number of amides is 1. The Labute approximate surface area is 123 Å². The van der Waals surface area contributed by atoms with E-state index in [2.05, 4.69) is 5.32 Å². The van der Waals surface area contributed by atoms with Gasteiger partial charge in [0.2, 0.25) is 5.91 Å². The number of carbonyl (C=O) groups excluding carboxylic acids is 1. The van der Waals surface area contributed by atoms with Crippen LogP contribution in [0.15, 0.2) is 18.2 Å². The number of hydrogen-bond acceptors (Lipinski definition) is 2. The maximum absolute atomic E-state index is 12.0. The summed E-state index contributed by atoms with van der Waals surface area (Å²) in [6.45, 7) is 6.87. The van der Waals surface area contributed by atoms with E-state index in [1.807, 2.05) is 0 Å². The van der Waals surface area contributed by atoms with Gasteiger partial charge in [-0.15, -0.1) is 0 Å². The van der Waals surface area contributed by atoms with Crippen LogP contribution >= 0.6 is 23.2 Å². The van der Waals surface area contributed by atoms with Gasteiger partial charge >= 0.3 is 0 Å². The molecule has 0 bridgehead atoms. The van der Waals surface area contributed by atoms with Gasteiger partial charge in [0, 0.05) is 0 Å². The van der Waals surface area contributed by atoms with E-state index < -0.39 is 11.1 Å². The highest BCUT2D eigenvalue weighted by molar-refractivity contribution is 6.42. The van der Waals surface area contributed by atoms with E-state index in [0.717, 1.165) is 5.56 Å². The molecule has 1 amide bonds. The first-order valence-corrected chi connectivity index (χ1v) is 6.76. The molecule has 1 aromatic rings. The average molecular weight is 304 g/mol. The lowest BCUT2D eigenvalue weighted by atomic mass is 9.86. The fraction of sp³-hybridized carbons (Fsp3) is 0.500. The monoisotopic (exact) mass is 303 g/mol. The van der Waals surface area contributed by atoms with Gasteiger partial charge in [-0.05, 0) is 45.4 Å². The summed E-state index contributed by atoms with van der Waals surface area (Å²) >= 11 is 11.7. The second kappa shape index (κ2) is 5.70. The van der Waals surface area contributed by atoms with Crippen LogP contribution in [0, 0.1) is 0 Å². The molecule has 5 heteroatoms. The van der Waals surface area contributed by atoms with Gasteiger partial charge in [0.05, 0.1) is 27.6 Å². The first-order valence-electron chi connectivity index (χ1n) is 6.00. The molecule has 0 aromatic heterocycles. The van der Waals surface area contributed by atoms with E-state index in [4.69, 9.17) is 23.2 Å². The van der Waals surface area contributed by atoms with Gasteiger partial charge in [0.15, 0.2) is 0 Å². The van der Waals surface area contributed by atoms with Crippen molar-refractivity contribution in [2.45, 2.75) is 45.3 Å². The van der Waals surface area contributed by atoms with Gasteiger partial charge in [0.25, 0.3) is 0 Å². The maximum Gasteiger partial charge on any atom is 0.224 e. The fourth-order valence-electron chi connectivity index (χ4n) is 1.38. The molecular formula is C14H19Cl2NO2. The van der Waals surface area contributed by atoms with Crippen molar-refractivity contribution in [3.63, 3.8) is 0 Å². The Morgan fingerprint density at radius 2 is 1.79 bits per heavy atom. The number of hydrogen-bond donors (Lipinski definition) is 2. The summed E-state index contributed by atoms with van der Waals surface area (Å²) in [5.74, 6) is -0.175. The molecule has 106 valence electrons. The molecule has 2 N–H and O–H groups in total. The predicted molar refractivity (Wildman–Crippen MR) is 78.7 cm³/mol. The second-order valence-electron chi connectivity index (χ2n) is 5.66. The topological polar surface area (TPSA) is 49.3 Å². The van der Waals surface area contributed by atoms with E-state index in [-0.39, 0.29) is 12.3 Å². The molecule has 0 heterocycles. The highest BCUT2D eigenvalue weighted by Gasteiger charge is 2.36. The molecule has 0 unspecified atom stereocenters. The number of benzene rings is 1. The summed E-state index contributed by atoms with van der Waals surface area (Å²) in [5, 5.41) is 13.7. The third-order valence-corrected chi connectivity index (χ3v) is 4.07. The van der Waals surface area contributed by atoms with Crippen LogP contribution in [0.4, 0.5) is 0 Å². The lowest BCUT2D eigenvalue weighted by Crippen LogP contribution is -2.58. The molecule has 0 fully saturated rings. The molecule has 0 saturated carbocycles. The van der Waals surface area contributed by atoms with Crippen molar-refractivity contribution in [3.8, 4) is 0 Å². The molecule has 0 aliphatic heterocycles. The minimum Gasteiger partial charge on any atom is -0.388 e. The zero-order valence-corrected chi connectivity index (χ0v) is 13.1. The predicted octanol–water partition coefficient (Wildman–Crippen LogP) is 3.20. The molecule has 0 saturated heterocycles. The molecule has 0 atom stereocenters. The van der Waals surface area contributed by atoms with Crippen LogP contribution in [0.2, 0.25) is 10.0 Å². The minimum absolute atomic E-state index is 0.175. The summed E-state index contributed by atoms with van der Waals surface area (Å²) in [4.78, 5) is 12.0. The summed E-state index contributed by atoms with van der Waals surface area (Å²) in [7, 11) is 0. The molecule has 1 rings (SSSR count). The Hall–Kier alpha value is -0.770. The largest absolute Gasteiger partial charge is 0.388 e. The molecule has 19 heavy (non-hydrogen) atoms. The van der Waals surface area contributed by atoms with E-state index in [1.54, 1.807) is 45.9 Å². The van der Waals surface area contributed by atoms with Crippen molar-refractivity contribution in [2.24, 2.45) is 0 Å². The molecule has 1 aromatic carbocycles. The van der Waals surface area contributed by atoms with Crippen LogP contribution in [-0.4, -0.2) is 22.2 Å². The number of halogens is 2. The van der Waals surface area contributed by atoms with Crippen LogP contribution in [-0.2, 0) is 11.2 Å². The SMILES string of the molecule is CC(C)(O)C(C)(C)NC(=O)Cc1ccc(Cl)c(Cl)c1. The molecule has 0 aliphatic carbocycles. The van der Waals surface area contributed by atoms with Crippen LogP contribution in [0.25, 0.3) is 0 Å². The zero-order valence-electron chi connectivity index (χ0n) is 11.6. The third-order valence-electron chi connectivity index (χ3n) is 3.33. The van der Waals surface area contributed by atoms with Gasteiger partial charge in [-0.25, -0.2) is 0 Å². The van der Waals surface area contributed by atoms with Gasteiger partial charge < -0.3 is 10.4 Å². The first-order chi connectivity index (χ1) is 8.53. The quantitative estimate of drug-likeness (QED) is 0.897. The first kappa shape index (κ1) is 16.3. The summed E-state index contributed by atoms with van der Waals surface area (Å²) < 4.78 is 0. The van der Waals surface area contributed by atoms with Crippen molar-refractivity contribution in [2.75, 3.05) is 0 Å². The van der Waals surface area contributed by atoms with Gasteiger partial charge in [0.1, 0.15) is 0 Å². The molecule has 3 nitrogen and oxygen atoms in total. The normalized spacial score (nSPS) is 12.4. The van der Waals surface area contributed by atoms with Gasteiger partial charge in [-0.1, -0.05) is 29.3 Å². The number of aliphatic hydroxyl groups is 1. The Balaban J connectivity index is 2.73. The molecular weight excluding hydrogens is 285 g/mol. The maximum atomic E-state index is 12.0. The van der Waals surface area contributed by atoms with Crippen molar-refractivity contribution < 1.29 is 9.90 Å². The number of nitrogens with one attached hydrogen (secondary N) is 1. The standard InChI is InChI=1S/C14H19Cl2NO2/c1-13(2,14(3,4)19)17-12(18)8-9-5-6-10(15)11(16)7-9/h5-7,19H,8H2,1-4H3,(H,17,18). The van der Waals surface area contributed by atoms with E-state index in [1.165, 1.54) is 0 Å². The van der Waals surface area contributed by atoms with Gasteiger partial charge in [-0.3, -0.25) is 4.79 Å². The Morgan fingerprint density at radius 3 is 2.26 bits per heavy atom. The lowest BCUT2D eigenvalue weighted by Gasteiger charge is -2.38. The lowest BCUT2D eigenvalue weighted by molar-refractivity contribution is -0.125. The highest BCUT2D eigenvalue weighted by atomic mass is 35.5. The van der Waals surface area contributed by atoms with Crippen LogP contribution < -0.4 is 5.32 Å².